The van der Waals surface area contributed by atoms with Crippen molar-refractivity contribution in [1.82, 2.24) is 25.2 Å². The predicted molar refractivity (Wildman–Crippen MR) is 78.7 cm³/mol. The molecule has 3 rings (SSSR count). The molecule has 1 N–H and O–H groups in total. The van der Waals surface area contributed by atoms with Crippen LogP contribution in [0.4, 0.5) is 0 Å². The molecule has 1 aromatic heterocycles. The van der Waals surface area contributed by atoms with Gasteiger partial charge in [-0.05, 0) is 38.6 Å². The van der Waals surface area contributed by atoms with E-state index in [1.165, 1.54) is 19.4 Å². The van der Waals surface area contributed by atoms with E-state index >= 15 is 0 Å². The Bertz CT molecular complexity index is 536. The van der Waals surface area contributed by atoms with Crippen LogP contribution in [0.3, 0.4) is 0 Å². The van der Waals surface area contributed by atoms with E-state index in [1.807, 2.05) is 36.5 Å². The second kappa shape index (κ2) is 6.15. The number of hydrogen-bond donors (Lipinski definition) is 1. The maximum absolute atomic E-state index is 4.51. The van der Waals surface area contributed by atoms with Crippen molar-refractivity contribution >= 4 is 0 Å². The number of nitrogens with one attached hydrogen (secondary N) is 1. The second-order valence-corrected chi connectivity index (χ2v) is 5.44. The molecule has 106 valence electrons. The summed E-state index contributed by atoms with van der Waals surface area (Å²) in [5.41, 5.74) is 1.98. The lowest BCUT2D eigenvalue weighted by Gasteiger charge is -2.30. The topological polar surface area (TPSA) is 46.0 Å². The van der Waals surface area contributed by atoms with Gasteiger partial charge in [0.25, 0.3) is 0 Å². The summed E-state index contributed by atoms with van der Waals surface area (Å²) in [4.78, 5) is 4.06. The van der Waals surface area contributed by atoms with Crippen LogP contribution in [0.1, 0.15) is 18.5 Å². The third-order valence-electron chi connectivity index (χ3n) is 3.72. The van der Waals surface area contributed by atoms with Gasteiger partial charge in [0, 0.05) is 19.1 Å². The van der Waals surface area contributed by atoms with Gasteiger partial charge >= 0.3 is 0 Å². The van der Waals surface area contributed by atoms with Crippen molar-refractivity contribution in [2.45, 2.75) is 25.4 Å². The number of para-hydroxylation sites is 1. The number of nitrogens with zero attached hydrogens (tertiary/aromatic N) is 4. The lowest BCUT2D eigenvalue weighted by molar-refractivity contribution is 0.226. The third-order valence-corrected chi connectivity index (χ3v) is 3.72. The molecule has 1 fully saturated rings. The normalized spacial score (nSPS) is 20.1. The Morgan fingerprint density at radius 2 is 2.15 bits per heavy atom. The van der Waals surface area contributed by atoms with Crippen LogP contribution in [0.25, 0.3) is 5.69 Å². The summed E-state index contributed by atoms with van der Waals surface area (Å²) in [6, 6.07) is 10.6. The summed E-state index contributed by atoms with van der Waals surface area (Å²) in [6.45, 7) is 3.11. The molecular formula is C15H21N5. The molecule has 0 saturated carbocycles. The number of rotatable bonds is 4. The van der Waals surface area contributed by atoms with Gasteiger partial charge < -0.3 is 10.2 Å². The number of benzene rings is 1. The van der Waals surface area contributed by atoms with Crippen molar-refractivity contribution in [1.29, 1.82) is 0 Å². The van der Waals surface area contributed by atoms with Crippen LogP contribution in [-0.2, 0) is 6.54 Å². The van der Waals surface area contributed by atoms with Crippen LogP contribution < -0.4 is 5.32 Å². The van der Waals surface area contributed by atoms with Gasteiger partial charge in [0.1, 0.15) is 0 Å². The highest BCUT2D eigenvalue weighted by molar-refractivity contribution is 5.28. The summed E-state index contributed by atoms with van der Waals surface area (Å²) >= 11 is 0. The molecule has 0 aliphatic carbocycles. The Kier molecular flexibility index (Phi) is 4.08. The van der Waals surface area contributed by atoms with Crippen LogP contribution in [0, 0.1) is 0 Å². The van der Waals surface area contributed by atoms with Gasteiger partial charge in [0.15, 0.2) is 0 Å². The fourth-order valence-electron chi connectivity index (χ4n) is 2.64. The third kappa shape index (κ3) is 3.23. The Morgan fingerprint density at radius 1 is 1.30 bits per heavy atom. The van der Waals surface area contributed by atoms with Gasteiger partial charge in [-0.15, -0.1) is 0 Å². The van der Waals surface area contributed by atoms with Crippen molar-refractivity contribution in [3.63, 3.8) is 0 Å². The Morgan fingerprint density at radius 3 is 2.95 bits per heavy atom. The molecule has 0 spiro atoms. The lowest BCUT2D eigenvalue weighted by atomic mass is 10.1. The summed E-state index contributed by atoms with van der Waals surface area (Å²) in [5, 5.41) is 12.4. The fraction of sp³-hybridized carbons (Fsp3) is 0.467. The average Bonchev–Trinajstić information content (AvgIpc) is 2.95. The zero-order valence-corrected chi connectivity index (χ0v) is 11.9. The molecule has 0 amide bonds. The Hall–Kier alpha value is -1.72. The maximum Gasteiger partial charge on any atom is 0.0969 e. The summed E-state index contributed by atoms with van der Waals surface area (Å²) in [7, 11) is 2.18. The van der Waals surface area contributed by atoms with Crippen molar-refractivity contribution in [2.75, 3.05) is 20.1 Å². The first-order valence-corrected chi connectivity index (χ1v) is 7.20. The number of likely N-dealkylation sites (tertiary alicyclic amines) is 1. The smallest absolute Gasteiger partial charge is 0.0969 e. The number of aromatic nitrogens is 3. The minimum absolute atomic E-state index is 0.565. The summed E-state index contributed by atoms with van der Waals surface area (Å²) in [5.74, 6) is 0. The first kappa shape index (κ1) is 13.3. The van der Waals surface area contributed by atoms with Crippen molar-refractivity contribution in [2.24, 2.45) is 0 Å². The molecular weight excluding hydrogens is 250 g/mol. The number of piperidine rings is 1. The summed E-state index contributed by atoms with van der Waals surface area (Å²) < 4.78 is 0. The van der Waals surface area contributed by atoms with Crippen molar-refractivity contribution < 1.29 is 0 Å². The molecule has 1 aliphatic heterocycles. The molecule has 1 saturated heterocycles. The van der Waals surface area contributed by atoms with Gasteiger partial charge in [-0.3, -0.25) is 0 Å². The molecule has 1 atom stereocenters. The van der Waals surface area contributed by atoms with E-state index in [0.29, 0.717) is 6.04 Å². The van der Waals surface area contributed by atoms with E-state index in [-0.39, 0.29) is 0 Å². The first-order chi connectivity index (χ1) is 9.81. The van der Waals surface area contributed by atoms with Gasteiger partial charge in [-0.2, -0.15) is 15.0 Å². The van der Waals surface area contributed by atoms with Gasteiger partial charge in [-0.25, -0.2) is 0 Å². The molecule has 1 aromatic carbocycles. The number of likely N-dealkylation sites (N-methyl/N-ethyl adjacent to an activating group) is 1. The molecule has 0 bridgehead atoms. The first-order valence-electron chi connectivity index (χ1n) is 7.20. The van der Waals surface area contributed by atoms with Gasteiger partial charge in [0.2, 0.25) is 0 Å². The van der Waals surface area contributed by atoms with E-state index in [0.717, 1.165) is 24.5 Å². The van der Waals surface area contributed by atoms with Crippen LogP contribution in [-0.4, -0.2) is 46.1 Å². The van der Waals surface area contributed by atoms with Crippen LogP contribution in [0.15, 0.2) is 36.5 Å². The second-order valence-electron chi connectivity index (χ2n) is 5.44. The van der Waals surface area contributed by atoms with Crippen LogP contribution in [0.2, 0.25) is 0 Å². The minimum Gasteiger partial charge on any atom is -0.307 e. The zero-order chi connectivity index (χ0) is 13.8. The maximum atomic E-state index is 4.51. The standard InChI is InChI=1S/C15H21N5/c1-19-9-5-6-13(12-19)16-10-14-11-17-20(18-14)15-7-3-2-4-8-15/h2-4,7-8,11,13,16H,5-6,9-10,12H2,1H3. The molecule has 0 radical (unpaired) electrons. The summed E-state index contributed by atoms with van der Waals surface area (Å²) in [6.07, 6.45) is 4.36. The fourth-order valence-corrected chi connectivity index (χ4v) is 2.64. The average molecular weight is 271 g/mol. The largest absolute Gasteiger partial charge is 0.307 e. The van der Waals surface area contributed by atoms with Crippen molar-refractivity contribution in [3.8, 4) is 5.69 Å². The van der Waals surface area contributed by atoms with Crippen molar-refractivity contribution in [3.05, 3.63) is 42.2 Å². The van der Waals surface area contributed by atoms with Crippen LogP contribution >= 0.6 is 0 Å². The molecule has 20 heavy (non-hydrogen) atoms. The van der Waals surface area contributed by atoms with Gasteiger partial charge in [0.05, 0.1) is 17.6 Å². The zero-order valence-electron chi connectivity index (χ0n) is 11.9. The molecule has 1 unspecified atom stereocenters. The molecule has 1 aliphatic rings. The van der Waals surface area contributed by atoms with Gasteiger partial charge in [-0.1, -0.05) is 18.2 Å². The van der Waals surface area contributed by atoms with E-state index in [4.69, 9.17) is 0 Å². The molecule has 2 aromatic rings. The highest BCUT2D eigenvalue weighted by Gasteiger charge is 2.16. The highest BCUT2D eigenvalue weighted by Crippen LogP contribution is 2.09. The SMILES string of the molecule is CN1CCCC(NCc2cnn(-c3ccccc3)n2)C1. The lowest BCUT2D eigenvalue weighted by Crippen LogP contribution is -2.43. The Balaban J connectivity index is 1.58. The molecule has 2 heterocycles. The van der Waals surface area contributed by atoms with E-state index < -0.39 is 0 Å². The molecule has 5 nitrogen and oxygen atoms in total. The highest BCUT2D eigenvalue weighted by atomic mass is 15.5. The van der Waals surface area contributed by atoms with E-state index in [2.05, 4.69) is 27.5 Å². The molecule has 5 heteroatoms. The number of hydrogen-bond acceptors (Lipinski definition) is 4. The monoisotopic (exact) mass is 271 g/mol. The minimum atomic E-state index is 0.565. The van der Waals surface area contributed by atoms with E-state index in [9.17, 15) is 0 Å². The van der Waals surface area contributed by atoms with E-state index in [1.54, 1.807) is 4.80 Å². The predicted octanol–water partition coefficient (Wildman–Crippen LogP) is 1.45. The quantitative estimate of drug-likeness (QED) is 0.914. The Labute approximate surface area is 119 Å². The van der Waals surface area contributed by atoms with Crippen LogP contribution in [0.5, 0.6) is 0 Å².